The van der Waals surface area contributed by atoms with Crippen LogP contribution < -0.4 is 5.43 Å². The summed E-state index contributed by atoms with van der Waals surface area (Å²) in [6.07, 6.45) is 1.38. The van der Waals surface area contributed by atoms with Crippen LogP contribution in [0.15, 0.2) is 76.2 Å². The van der Waals surface area contributed by atoms with Gasteiger partial charge in [0.2, 0.25) is 0 Å². The number of amides is 1. The van der Waals surface area contributed by atoms with E-state index in [-0.39, 0.29) is 11.5 Å². The summed E-state index contributed by atoms with van der Waals surface area (Å²) in [5, 5.41) is 12.9. The zero-order valence-electron chi connectivity index (χ0n) is 13.0. The van der Waals surface area contributed by atoms with Crippen LogP contribution in [-0.4, -0.2) is 23.2 Å². The quantitative estimate of drug-likeness (QED) is 0.552. The van der Waals surface area contributed by atoms with E-state index in [1.54, 1.807) is 48.5 Å². The minimum absolute atomic E-state index is 0.180. The van der Waals surface area contributed by atoms with E-state index >= 15 is 0 Å². The standard InChI is InChI=1S/C19H14N2O4/c22-18(13-5-2-1-3-6-13)21-20-12-16-9-10-17(25-16)14-7-4-8-15(11-14)19(23)24/h1-12H,(H,21,22)(H,23,24)/b20-12+. The molecule has 0 aliphatic rings. The molecule has 2 aromatic carbocycles. The first-order chi connectivity index (χ1) is 12.1. The van der Waals surface area contributed by atoms with Crippen LogP contribution in [0, 0.1) is 0 Å². The average Bonchev–Trinajstić information content (AvgIpc) is 3.11. The van der Waals surface area contributed by atoms with Crippen LogP contribution in [0.3, 0.4) is 0 Å². The SMILES string of the molecule is O=C(O)c1cccc(-c2ccc(/C=N/NC(=O)c3ccccc3)o2)c1. The summed E-state index contributed by atoms with van der Waals surface area (Å²) in [4.78, 5) is 22.9. The van der Waals surface area contributed by atoms with Crippen LogP contribution in [0.2, 0.25) is 0 Å². The molecule has 6 nitrogen and oxygen atoms in total. The zero-order chi connectivity index (χ0) is 17.6. The Morgan fingerprint density at radius 3 is 2.48 bits per heavy atom. The number of carboxylic acids is 1. The van der Waals surface area contributed by atoms with Crippen LogP contribution >= 0.6 is 0 Å². The maximum atomic E-state index is 11.9. The number of rotatable bonds is 5. The van der Waals surface area contributed by atoms with Crippen LogP contribution in [0.1, 0.15) is 26.5 Å². The maximum Gasteiger partial charge on any atom is 0.335 e. The molecule has 1 amide bonds. The second-order valence-electron chi connectivity index (χ2n) is 5.15. The molecule has 3 aromatic rings. The van der Waals surface area contributed by atoms with E-state index in [4.69, 9.17) is 9.52 Å². The number of benzene rings is 2. The van der Waals surface area contributed by atoms with Gasteiger partial charge in [-0.3, -0.25) is 4.79 Å². The highest BCUT2D eigenvalue weighted by Crippen LogP contribution is 2.22. The monoisotopic (exact) mass is 334 g/mol. The van der Waals surface area contributed by atoms with Gasteiger partial charge in [0, 0.05) is 11.1 Å². The third kappa shape index (κ3) is 4.00. The molecular formula is C19H14N2O4. The maximum absolute atomic E-state index is 11.9. The van der Waals surface area contributed by atoms with Gasteiger partial charge in [-0.2, -0.15) is 5.10 Å². The second-order valence-corrected chi connectivity index (χ2v) is 5.15. The van der Waals surface area contributed by atoms with Crippen molar-refractivity contribution in [3.63, 3.8) is 0 Å². The number of furan rings is 1. The van der Waals surface area contributed by atoms with E-state index in [1.165, 1.54) is 18.3 Å². The lowest BCUT2D eigenvalue weighted by atomic mass is 10.1. The fraction of sp³-hybridized carbons (Fsp3) is 0. The van der Waals surface area contributed by atoms with Crippen molar-refractivity contribution in [2.45, 2.75) is 0 Å². The minimum atomic E-state index is -1.00. The Balaban J connectivity index is 1.68. The molecule has 0 bridgehead atoms. The number of nitrogens with zero attached hydrogens (tertiary/aromatic N) is 1. The topological polar surface area (TPSA) is 91.9 Å². The fourth-order valence-corrected chi connectivity index (χ4v) is 2.19. The summed E-state index contributed by atoms with van der Waals surface area (Å²) in [5.41, 5.74) is 3.74. The highest BCUT2D eigenvalue weighted by molar-refractivity contribution is 5.94. The minimum Gasteiger partial charge on any atom is -0.478 e. The Hall–Kier alpha value is -3.67. The first kappa shape index (κ1) is 16.2. The molecule has 0 atom stereocenters. The summed E-state index contributed by atoms with van der Waals surface area (Å²) in [5.74, 6) is -0.375. The van der Waals surface area contributed by atoms with Crippen LogP contribution in [0.4, 0.5) is 0 Å². The van der Waals surface area contributed by atoms with Crippen molar-refractivity contribution >= 4 is 18.1 Å². The molecule has 0 saturated carbocycles. The van der Waals surface area contributed by atoms with Gasteiger partial charge in [0.15, 0.2) is 0 Å². The number of carbonyl (C=O) groups excluding carboxylic acids is 1. The molecule has 6 heteroatoms. The first-order valence-electron chi connectivity index (χ1n) is 7.45. The van der Waals surface area contributed by atoms with Gasteiger partial charge in [0.25, 0.3) is 5.91 Å². The Bertz CT molecular complexity index is 929. The van der Waals surface area contributed by atoms with E-state index in [0.717, 1.165) is 0 Å². The summed E-state index contributed by atoms with van der Waals surface area (Å²) < 4.78 is 5.60. The number of carboxylic acid groups (broad SMARTS) is 1. The lowest BCUT2D eigenvalue weighted by Gasteiger charge is -1.99. The molecule has 0 spiro atoms. The van der Waals surface area contributed by atoms with Crippen molar-refractivity contribution in [3.05, 3.63) is 83.6 Å². The van der Waals surface area contributed by atoms with Crippen molar-refractivity contribution in [3.8, 4) is 11.3 Å². The third-order valence-corrected chi connectivity index (χ3v) is 3.41. The Labute approximate surface area is 143 Å². The van der Waals surface area contributed by atoms with E-state index in [1.807, 2.05) is 6.07 Å². The molecule has 1 aromatic heterocycles. The number of hydrazone groups is 1. The van der Waals surface area contributed by atoms with Crippen molar-refractivity contribution in [2.24, 2.45) is 5.10 Å². The first-order valence-corrected chi connectivity index (χ1v) is 7.45. The summed E-state index contributed by atoms with van der Waals surface area (Å²) in [6, 6.07) is 18.6. The zero-order valence-corrected chi connectivity index (χ0v) is 13.0. The smallest absolute Gasteiger partial charge is 0.335 e. The van der Waals surface area contributed by atoms with Gasteiger partial charge in [-0.25, -0.2) is 10.2 Å². The largest absolute Gasteiger partial charge is 0.478 e. The molecule has 0 aliphatic heterocycles. The molecule has 3 rings (SSSR count). The van der Waals surface area contributed by atoms with Gasteiger partial charge >= 0.3 is 5.97 Å². The van der Waals surface area contributed by atoms with Crippen LogP contribution in [0.25, 0.3) is 11.3 Å². The molecule has 0 unspecified atom stereocenters. The Morgan fingerprint density at radius 1 is 0.960 bits per heavy atom. The second kappa shape index (κ2) is 7.27. The van der Waals surface area contributed by atoms with E-state index < -0.39 is 5.97 Å². The molecule has 0 aliphatic carbocycles. The normalized spacial score (nSPS) is 10.7. The average molecular weight is 334 g/mol. The Morgan fingerprint density at radius 2 is 1.72 bits per heavy atom. The van der Waals surface area contributed by atoms with Crippen LogP contribution in [-0.2, 0) is 0 Å². The molecule has 25 heavy (non-hydrogen) atoms. The molecule has 1 heterocycles. The molecule has 0 radical (unpaired) electrons. The highest BCUT2D eigenvalue weighted by Gasteiger charge is 2.08. The van der Waals surface area contributed by atoms with Crippen molar-refractivity contribution in [1.82, 2.24) is 5.43 Å². The number of aromatic carboxylic acids is 1. The van der Waals surface area contributed by atoms with Crippen molar-refractivity contribution < 1.29 is 19.1 Å². The number of hydrogen-bond acceptors (Lipinski definition) is 4. The summed E-state index contributed by atoms with van der Waals surface area (Å²) >= 11 is 0. The fourth-order valence-electron chi connectivity index (χ4n) is 2.19. The van der Waals surface area contributed by atoms with E-state index in [2.05, 4.69) is 10.5 Å². The van der Waals surface area contributed by atoms with E-state index in [0.29, 0.717) is 22.6 Å². The Kier molecular flexibility index (Phi) is 4.71. The van der Waals surface area contributed by atoms with Gasteiger partial charge in [-0.05, 0) is 36.4 Å². The van der Waals surface area contributed by atoms with E-state index in [9.17, 15) is 9.59 Å². The predicted molar refractivity (Wildman–Crippen MR) is 92.6 cm³/mol. The molecule has 2 N–H and O–H groups in total. The van der Waals surface area contributed by atoms with Crippen molar-refractivity contribution in [1.29, 1.82) is 0 Å². The lowest BCUT2D eigenvalue weighted by Crippen LogP contribution is -2.17. The van der Waals surface area contributed by atoms with Gasteiger partial charge in [-0.15, -0.1) is 0 Å². The number of nitrogens with one attached hydrogen (secondary N) is 1. The molecule has 0 saturated heterocycles. The summed E-state index contributed by atoms with van der Waals surface area (Å²) in [7, 11) is 0. The van der Waals surface area contributed by atoms with Gasteiger partial charge in [0.05, 0.1) is 11.8 Å². The summed E-state index contributed by atoms with van der Waals surface area (Å²) in [6.45, 7) is 0. The molecule has 0 fully saturated rings. The number of carbonyl (C=O) groups is 2. The lowest BCUT2D eigenvalue weighted by molar-refractivity contribution is 0.0696. The molecule has 124 valence electrons. The molecular weight excluding hydrogens is 320 g/mol. The third-order valence-electron chi connectivity index (χ3n) is 3.41. The van der Waals surface area contributed by atoms with Gasteiger partial charge < -0.3 is 9.52 Å². The predicted octanol–water partition coefficient (Wildman–Crippen LogP) is 3.41. The number of hydrogen-bond donors (Lipinski definition) is 2. The van der Waals surface area contributed by atoms with Crippen LogP contribution in [0.5, 0.6) is 0 Å². The van der Waals surface area contributed by atoms with Gasteiger partial charge in [-0.1, -0.05) is 30.3 Å². The van der Waals surface area contributed by atoms with Crippen molar-refractivity contribution in [2.75, 3.05) is 0 Å². The highest BCUT2D eigenvalue weighted by atomic mass is 16.4. The van der Waals surface area contributed by atoms with Gasteiger partial charge in [0.1, 0.15) is 11.5 Å².